The van der Waals surface area contributed by atoms with Crippen LogP contribution in [0.25, 0.3) is 32.3 Å². The molecule has 0 aliphatic carbocycles. The fourth-order valence-corrected chi connectivity index (χ4v) is 17.7. The molecule has 42 nitrogen and oxygen atoms in total. The van der Waals surface area contributed by atoms with Crippen LogP contribution >= 0.6 is 45.6 Å². The van der Waals surface area contributed by atoms with Crippen LogP contribution in [0.4, 0.5) is 51.2 Å². The van der Waals surface area contributed by atoms with Crippen LogP contribution in [0.3, 0.4) is 0 Å². The molecule has 0 spiro atoms. The summed E-state index contributed by atoms with van der Waals surface area (Å²) in [7, 11) is -21.1. The molecule has 48 heteroatoms. The Morgan fingerprint density at radius 1 is 0.236 bits per heavy atom. The zero-order valence-corrected chi connectivity index (χ0v) is 69.5. The van der Waals surface area contributed by atoms with E-state index >= 15 is 4.79 Å². The minimum atomic E-state index is -5.03. The number of amides is 9. The Bertz CT molecular complexity index is 6780. The quantitative estimate of drug-likeness (QED) is 0.0343. The number of hydrogen-bond donors (Lipinski definition) is 21. The molecular weight excluding hydrogens is 1730 g/mol. The maximum atomic E-state index is 15.1. The molecule has 0 saturated heterocycles. The first kappa shape index (κ1) is 87.9. The molecule has 0 saturated carbocycles. The molecule has 0 radical (unpaired) electrons. The van der Waals surface area contributed by atoms with Gasteiger partial charge in [0.25, 0.3) is 53.2 Å². The van der Waals surface area contributed by atoms with Crippen molar-refractivity contribution in [2.45, 2.75) is 0 Å². The van der Waals surface area contributed by atoms with E-state index in [4.69, 9.17) is 0 Å². The Balaban J connectivity index is 0.741. The molecule has 636 valence electrons. The van der Waals surface area contributed by atoms with Gasteiger partial charge in [-0.25, -0.2) is 0 Å². The molecule has 0 atom stereocenters. The van der Waals surface area contributed by atoms with E-state index in [1.807, 2.05) is 0 Å². The fourth-order valence-electron chi connectivity index (χ4n) is 13.7. The molecule has 6 heterocycles. The molecule has 0 aliphatic heterocycles. The lowest BCUT2D eigenvalue weighted by molar-refractivity contribution is 0.0977. The third kappa shape index (κ3) is 18.7. The second kappa shape index (κ2) is 32.8. The fraction of sp³-hybridized carbons (Fsp3) is 0.0800. The van der Waals surface area contributed by atoms with Crippen LogP contribution in [-0.2, 0) is 69.7 Å². The van der Waals surface area contributed by atoms with Crippen molar-refractivity contribution in [1.29, 1.82) is 0 Å². The Morgan fingerprint density at radius 3 is 0.667 bits per heavy atom. The molecule has 13 rings (SSSR count). The first-order valence-electron chi connectivity index (χ1n) is 35.4. The van der Waals surface area contributed by atoms with Crippen LogP contribution < -0.4 is 79.7 Å². The van der Waals surface area contributed by atoms with E-state index in [9.17, 15) is 124 Å². The monoisotopic (exact) mass is 1800 g/mol. The van der Waals surface area contributed by atoms with Gasteiger partial charge >= 0.3 is 45.6 Å². The van der Waals surface area contributed by atoms with E-state index in [1.165, 1.54) is 198 Å². The Hall–Kier alpha value is -12.9. The Labute approximate surface area is 691 Å². The number of carbonyl (C=O) groups excluding carboxylic acids is 9. The summed E-state index contributed by atoms with van der Waals surface area (Å²) in [5.41, 5.74) is -2.00. The van der Waals surface area contributed by atoms with E-state index in [1.54, 1.807) is 0 Å². The first-order chi connectivity index (χ1) is 57.4. The average Bonchev–Trinajstić information content (AvgIpc) is 1.57. The SMILES string of the molecule is Cn1cc(NC(=O)c2cccc(C(=O)Nc3cc(C(=O)Nc4cc(C(=O)Nc5ccc(P(=O)(O)O)c6cc(P(=O)(O)O)ccc56)n(C)c4)n(C)c3)c2C(=O)Nc2cc(C(=O)Nc3cc(C(=O)Nc4ccc(P(=O)(O)O)c5cc(P(=O)(O)O)ccc45)n(C)c3)n(C)c2)cc1C(=O)Nc1cc(C(=O)Nc2ccc(P(=O)(O)O)c3cc(P(=O)(O)O)ccc23)n(C)c1. The number of fused-ring (bicyclic) bond motifs is 3. The van der Waals surface area contributed by atoms with Crippen molar-refractivity contribution >= 4 is 214 Å². The molecule has 6 aromatic heterocycles. The number of aryl methyl sites for hydroxylation is 6. The second-order valence-corrected chi connectivity index (χ2v) is 37.5. The predicted octanol–water partition coefficient (Wildman–Crippen LogP) is 5.27. The highest BCUT2D eigenvalue weighted by Crippen LogP contribution is 2.45. The molecule has 13 aromatic rings. The zero-order valence-electron chi connectivity index (χ0n) is 64.2. The maximum Gasteiger partial charge on any atom is 0.356 e. The largest absolute Gasteiger partial charge is 0.356 e. The predicted molar refractivity (Wildman–Crippen MR) is 452 cm³/mol. The van der Waals surface area contributed by atoms with E-state index < -0.39 is 147 Å². The number of aromatic nitrogens is 6. The minimum absolute atomic E-state index is 0.00819. The van der Waals surface area contributed by atoms with Gasteiger partial charge in [0.15, 0.2) is 0 Å². The summed E-state index contributed by atoms with van der Waals surface area (Å²) >= 11 is 0. The van der Waals surface area contributed by atoms with Gasteiger partial charge in [0.2, 0.25) is 0 Å². The summed E-state index contributed by atoms with van der Waals surface area (Å²) in [6.45, 7) is 0. The van der Waals surface area contributed by atoms with Gasteiger partial charge in [-0.05, 0) is 121 Å². The van der Waals surface area contributed by atoms with E-state index in [2.05, 4.69) is 47.9 Å². The lowest BCUT2D eigenvalue weighted by atomic mass is 9.98. The van der Waals surface area contributed by atoms with Crippen molar-refractivity contribution in [3.8, 4) is 0 Å². The van der Waals surface area contributed by atoms with Gasteiger partial charge in [-0.3, -0.25) is 70.5 Å². The molecule has 123 heavy (non-hydrogen) atoms. The highest BCUT2D eigenvalue weighted by Gasteiger charge is 2.33. The lowest BCUT2D eigenvalue weighted by Crippen LogP contribution is -2.25. The van der Waals surface area contributed by atoms with Gasteiger partial charge in [-0.2, -0.15) is 0 Å². The summed E-state index contributed by atoms with van der Waals surface area (Å²) in [6, 6.07) is 27.1. The van der Waals surface area contributed by atoms with Gasteiger partial charge in [-0.1, -0.05) is 24.3 Å². The van der Waals surface area contributed by atoms with Crippen molar-refractivity contribution < 1.29 is 129 Å². The molecule has 0 fully saturated rings. The summed E-state index contributed by atoms with van der Waals surface area (Å²) in [6.07, 6.45) is 8.06. The zero-order chi connectivity index (χ0) is 89.6. The van der Waals surface area contributed by atoms with Crippen LogP contribution in [0.5, 0.6) is 0 Å². The number of rotatable bonds is 24. The molecule has 0 aliphatic rings. The number of hydrogen-bond acceptors (Lipinski definition) is 15. The van der Waals surface area contributed by atoms with Crippen molar-refractivity contribution in [2.24, 2.45) is 42.3 Å². The molecule has 9 amide bonds. The smallest absolute Gasteiger partial charge is 0.344 e. The molecule has 0 unspecified atom stereocenters. The number of carbonyl (C=O) groups is 9. The number of nitrogens with zero attached hydrogens (tertiary/aromatic N) is 6. The van der Waals surface area contributed by atoms with Crippen LogP contribution in [0, 0.1) is 0 Å². The highest BCUT2D eigenvalue weighted by atomic mass is 31.2. The standard InChI is InChI=1S/C75H69N15O27P6/c1-85-31-37(22-57(85)69(93)78-39-24-60(88(4)33-39)72(96)82-54-16-19-63(121(109,110)111)51-28-43(118(100,101)102)10-13-46(51)54)76-67(91)49-8-7-9-50(68(92)77-38-23-58(86(2)32-38)70(94)79-40-25-61(89(5)34-40)73(97)83-55-17-20-64(122(112,113)114)52-29-44(119(103,104)105)11-14-47(52)55)66(49)75(99)81-42-27-59(87(3)36-42)71(95)80-41-26-62(90(6)35-41)74(98)84-56-18-21-65(123(115,116)117)53-30-45(120(106,107)108)12-15-48(53)56/h7-36H,1-6H3,(H,76,91)(H,77,92)(H,78,93)(H,79,94)(H,80,95)(H,81,99)(H,82,96)(H,83,97)(H,84,98)(H2,100,101,102)(H2,103,104,105)(H2,106,107,108)(H2,109,110,111)(H2,112,113,114)(H2,115,116,117). The minimum Gasteiger partial charge on any atom is -0.344 e. The summed E-state index contributed by atoms with van der Waals surface area (Å²) in [4.78, 5) is 248. The van der Waals surface area contributed by atoms with Crippen molar-refractivity contribution in [1.82, 2.24) is 27.4 Å². The van der Waals surface area contributed by atoms with Crippen molar-refractivity contribution in [3.63, 3.8) is 0 Å². The summed E-state index contributed by atoms with van der Waals surface area (Å²) in [5.74, 6) is -7.97. The van der Waals surface area contributed by atoms with Crippen LogP contribution in [-0.4, -0.2) is 139 Å². The van der Waals surface area contributed by atoms with Gasteiger partial charge in [0.05, 0.1) is 82.6 Å². The molecular formula is C75H69N15O27P6. The van der Waals surface area contributed by atoms with Crippen LogP contribution in [0.15, 0.2) is 183 Å². The molecule has 21 N–H and O–H groups in total. The van der Waals surface area contributed by atoms with E-state index in [-0.39, 0.29) is 118 Å². The van der Waals surface area contributed by atoms with Crippen molar-refractivity contribution in [2.75, 3.05) is 47.9 Å². The van der Waals surface area contributed by atoms with E-state index in [0.29, 0.717) is 0 Å². The summed E-state index contributed by atoms with van der Waals surface area (Å²) < 4.78 is 81.6. The number of benzene rings is 7. The maximum absolute atomic E-state index is 15.1. The Morgan fingerprint density at radius 2 is 0.447 bits per heavy atom. The number of nitrogens with one attached hydrogen (secondary N) is 9. The van der Waals surface area contributed by atoms with E-state index in [0.717, 1.165) is 54.6 Å². The van der Waals surface area contributed by atoms with Crippen LogP contribution in [0.1, 0.15) is 94.0 Å². The summed E-state index contributed by atoms with van der Waals surface area (Å²) in [5, 5.41) is 19.7. The highest BCUT2D eigenvalue weighted by molar-refractivity contribution is 7.62. The second-order valence-electron chi connectivity index (χ2n) is 28.0. The third-order valence-corrected chi connectivity index (χ3v) is 25.3. The topological polar surface area (TPSA) is 637 Å². The van der Waals surface area contributed by atoms with Gasteiger partial charge in [-0.15, -0.1) is 0 Å². The van der Waals surface area contributed by atoms with Gasteiger partial charge in [0.1, 0.15) is 34.2 Å². The average molecular weight is 1800 g/mol. The van der Waals surface area contributed by atoms with Crippen LogP contribution in [0.2, 0.25) is 0 Å². The Kier molecular flexibility index (Phi) is 23.5. The first-order valence-corrected chi connectivity index (χ1v) is 45.1. The third-order valence-electron chi connectivity index (χ3n) is 19.4. The number of anilines is 9. The van der Waals surface area contributed by atoms with Gasteiger partial charge in [0, 0.05) is 129 Å². The van der Waals surface area contributed by atoms with Crippen molar-refractivity contribution in [3.05, 3.63) is 234 Å². The molecule has 0 bridgehead atoms. The lowest BCUT2D eigenvalue weighted by Gasteiger charge is -2.15. The normalized spacial score (nSPS) is 12.1. The van der Waals surface area contributed by atoms with Gasteiger partial charge < -0.3 is 134 Å². The molecule has 7 aromatic carbocycles.